The van der Waals surface area contributed by atoms with Gasteiger partial charge in [0.2, 0.25) is 0 Å². The largest absolute Gasteiger partial charge is 0.481 e. The molecule has 0 aliphatic heterocycles. The summed E-state index contributed by atoms with van der Waals surface area (Å²) in [6, 6.07) is 0. The number of hydrogen-bond acceptors (Lipinski definition) is 3. The molecule has 1 rings (SSSR count). The van der Waals surface area contributed by atoms with Crippen LogP contribution in [0.25, 0.3) is 0 Å². The Kier molecular flexibility index (Phi) is 3.46. The minimum atomic E-state index is -4.62. The zero-order valence-electron chi connectivity index (χ0n) is 8.32. The maximum atomic E-state index is 12.6. The number of aliphatic carboxylic acids is 1. The van der Waals surface area contributed by atoms with E-state index in [0.717, 1.165) is 12.5 Å². The number of aryl methyl sites for hydroxylation is 1. The van der Waals surface area contributed by atoms with Crippen molar-refractivity contribution < 1.29 is 23.1 Å². The SMILES string of the molecule is Cc1ncncc1C(CC(=O)O)C(F)(F)F. The second kappa shape index (κ2) is 4.46. The minimum Gasteiger partial charge on any atom is -0.481 e. The van der Waals surface area contributed by atoms with Crippen molar-refractivity contribution in [2.75, 3.05) is 0 Å². The third-order valence-electron chi connectivity index (χ3n) is 2.10. The second-order valence-corrected chi connectivity index (χ2v) is 3.26. The van der Waals surface area contributed by atoms with E-state index in [-0.39, 0.29) is 11.3 Å². The minimum absolute atomic E-state index is 0.138. The fraction of sp³-hybridized carbons (Fsp3) is 0.444. The Labute approximate surface area is 89.1 Å². The van der Waals surface area contributed by atoms with Crippen LogP contribution in [-0.2, 0) is 4.79 Å². The molecule has 0 bridgehead atoms. The van der Waals surface area contributed by atoms with E-state index >= 15 is 0 Å². The third kappa shape index (κ3) is 2.91. The summed E-state index contributed by atoms with van der Waals surface area (Å²) < 4.78 is 37.9. The molecule has 4 nitrogen and oxygen atoms in total. The number of hydrogen-bond donors (Lipinski definition) is 1. The molecule has 0 amide bonds. The molecule has 7 heteroatoms. The number of aromatic nitrogens is 2. The lowest BCUT2D eigenvalue weighted by molar-refractivity contribution is -0.163. The molecule has 1 aromatic heterocycles. The average Bonchev–Trinajstić information content (AvgIpc) is 2.13. The number of halogens is 3. The summed E-state index contributed by atoms with van der Waals surface area (Å²) in [5, 5.41) is 8.46. The molecular weight excluding hydrogens is 225 g/mol. The molecule has 1 N–H and O–H groups in total. The van der Waals surface area contributed by atoms with Crippen molar-refractivity contribution in [1.82, 2.24) is 9.97 Å². The predicted octanol–water partition coefficient (Wildman–Crippen LogP) is 1.91. The zero-order chi connectivity index (χ0) is 12.3. The lowest BCUT2D eigenvalue weighted by atomic mass is 9.95. The number of rotatable bonds is 3. The average molecular weight is 234 g/mol. The van der Waals surface area contributed by atoms with Gasteiger partial charge in [-0.25, -0.2) is 9.97 Å². The van der Waals surface area contributed by atoms with Crippen LogP contribution in [0, 0.1) is 6.92 Å². The van der Waals surface area contributed by atoms with Crippen molar-refractivity contribution in [3.63, 3.8) is 0 Å². The Hall–Kier alpha value is -1.66. The van der Waals surface area contributed by atoms with Crippen LogP contribution in [0.15, 0.2) is 12.5 Å². The summed E-state index contributed by atoms with van der Waals surface area (Å²) in [6.07, 6.45) is -3.51. The number of nitrogens with zero attached hydrogens (tertiary/aromatic N) is 2. The lowest BCUT2D eigenvalue weighted by Crippen LogP contribution is -2.24. The van der Waals surface area contributed by atoms with Crippen LogP contribution in [0.5, 0.6) is 0 Å². The summed E-state index contributed by atoms with van der Waals surface area (Å²) >= 11 is 0. The predicted molar refractivity (Wildman–Crippen MR) is 47.8 cm³/mol. The van der Waals surface area contributed by atoms with Crippen molar-refractivity contribution in [3.8, 4) is 0 Å². The standard InChI is InChI=1S/C9H9F3N2O2/c1-5-6(3-13-4-14-5)7(2-8(15)16)9(10,11)12/h3-4,7H,2H2,1H3,(H,15,16). The summed E-state index contributed by atoms with van der Waals surface area (Å²) in [5.41, 5.74) is -0.0593. The zero-order valence-corrected chi connectivity index (χ0v) is 8.32. The van der Waals surface area contributed by atoms with E-state index in [4.69, 9.17) is 5.11 Å². The first-order chi connectivity index (χ1) is 7.32. The van der Waals surface area contributed by atoms with Crippen LogP contribution in [0.4, 0.5) is 13.2 Å². The van der Waals surface area contributed by atoms with E-state index in [1.165, 1.54) is 6.92 Å². The smallest absolute Gasteiger partial charge is 0.396 e. The van der Waals surface area contributed by atoms with Crippen LogP contribution in [-0.4, -0.2) is 27.2 Å². The molecule has 1 aromatic rings. The highest BCUT2D eigenvalue weighted by molar-refractivity contribution is 5.68. The lowest BCUT2D eigenvalue weighted by Gasteiger charge is -2.19. The first-order valence-corrected chi connectivity index (χ1v) is 4.37. The highest BCUT2D eigenvalue weighted by Crippen LogP contribution is 2.37. The summed E-state index contributed by atoms with van der Waals surface area (Å²) in [4.78, 5) is 17.5. The number of alkyl halides is 3. The second-order valence-electron chi connectivity index (χ2n) is 3.26. The number of carboxylic acids is 1. The summed E-state index contributed by atoms with van der Waals surface area (Å²) in [7, 11) is 0. The molecule has 1 atom stereocenters. The van der Waals surface area contributed by atoms with Gasteiger partial charge < -0.3 is 5.11 Å². The molecule has 0 aliphatic carbocycles. The molecule has 0 saturated carbocycles. The van der Waals surface area contributed by atoms with E-state index < -0.39 is 24.5 Å². The molecular formula is C9H9F3N2O2. The Balaban J connectivity index is 3.12. The van der Waals surface area contributed by atoms with E-state index in [1.54, 1.807) is 0 Å². The summed E-state index contributed by atoms with van der Waals surface area (Å²) in [6.45, 7) is 1.39. The van der Waals surface area contributed by atoms with Crippen molar-refractivity contribution >= 4 is 5.97 Å². The first kappa shape index (κ1) is 12.4. The quantitative estimate of drug-likeness (QED) is 0.867. The monoisotopic (exact) mass is 234 g/mol. The van der Waals surface area contributed by atoms with Gasteiger partial charge >= 0.3 is 12.1 Å². The fourth-order valence-electron chi connectivity index (χ4n) is 1.32. The van der Waals surface area contributed by atoms with Crippen molar-refractivity contribution in [2.24, 2.45) is 0 Å². The molecule has 1 heterocycles. The van der Waals surface area contributed by atoms with Gasteiger partial charge in [0.05, 0.1) is 12.3 Å². The molecule has 0 aromatic carbocycles. The molecule has 0 spiro atoms. The highest BCUT2D eigenvalue weighted by atomic mass is 19.4. The fourth-order valence-corrected chi connectivity index (χ4v) is 1.32. The first-order valence-electron chi connectivity index (χ1n) is 4.37. The summed E-state index contributed by atoms with van der Waals surface area (Å²) in [5.74, 6) is -3.57. The van der Waals surface area contributed by atoms with Crippen LogP contribution in [0.3, 0.4) is 0 Å². The van der Waals surface area contributed by atoms with Crippen LogP contribution < -0.4 is 0 Å². The number of carbonyl (C=O) groups is 1. The maximum Gasteiger partial charge on any atom is 0.396 e. The number of carboxylic acid groups (broad SMARTS) is 1. The Bertz CT molecular complexity index is 393. The Morgan fingerprint density at radius 2 is 2.19 bits per heavy atom. The molecule has 0 radical (unpaired) electrons. The van der Waals surface area contributed by atoms with Gasteiger partial charge in [0, 0.05) is 17.5 Å². The molecule has 1 unspecified atom stereocenters. The van der Waals surface area contributed by atoms with Gasteiger partial charge in [-0.15, -0.1) is 0 Å². The normalized spacial score (nSPS) is 13.5. The van der Waals surface area contributed by atoms with Gasteiger partial charge in [-0.2, -0.15) is 13.2 Å². The van der Waals surface area contributed by atoms with Gasteiger partial charge in [0.1, 0.15) is 6.33 Å². The topological polar surface area (TPSA) is 63.1 Å². The van der Waals surface area contributed by atoms with Gasteiger partial charge in [0.25, 0.3) is 0 Å². The third-order valence-corrected chi connectivity index (χ3v) is 2.10. The molecule has 16 heavy (non-hydrogen) atoms. The molecule has 0 aliphatic rings. The van der Waals surface area contributed by atoms with Crippen molar-refractivity contribution in [3.05, 3.63) is 23.8 Å². The van der Waals surface area contributed by atoms with Gasteiger partial charge in [-0.05, 0) is 6.92 Å². The van der Waals surface area contributed by atoms with E-state index in [1.807, 2.05) is 0 Å². The highest BCUT2D eigenvalue weighted by Gasteiger charge is 2.43. The molecule has 0 fully saturated rings. The van der Waals surface area contributed by atoms with Crippen LogP contribution >= 0.6 is 0 Å². The van der Waals surface area contributed by atoms with E-state index in [2.05, 4.69) is 9.97 Å². The van der Waals surface area contributed by atoms with E-state index in [9.17, 15) is 18.0 Å². The van der Waals surface area contributed by atoms with Gasteiger partial charge in [0.15, 0.2) is 0 Å². The van der Waals surface area contributed by atoms with Crippen LogP contribution in [0.2, 0.25) is 0 Å². The van der Waals surface area contributed by atoms with Gasteiger partial charge in [-0.3, -0.25) is 4.79 Å². The molecule has 88 valence electrons. The molecule has 0 saturated heterocycles. The maximum absolute atomic E-state index is 12.6. The van der Waals surface area contributed by atoms with Crippen molar-refractivity contribution in [2.45, 2.75) is 25.4 Å². The Morgan fingerprint density at radius 1 is 1.56 bits per heavy atom. The van der Waals surface area contributed by atoms with Crippen LogP contribution in [0.1, 0.15) is 23.6 Å². The van der Waals surface area contributed by atoms with E-state index in [0.29, 0.717) is 0 Å². The Morgan fingerprint density at radius 3 is 2.62 bits per heavy atom. The van der Waals surface area contributed by atoms with Crippen molar-refractivity contribution in [1.29, 1.82) is 0 Å². The van der Waals surface area contributed by atoms with Gasteiger partial charge in [-0.1, -0.05) is 0 Å².